The van der Waals surface area contributed by atoms with Gasteiger partial charge in [0.25, 0.3) is 0 Å². The van der Waals surface area contributed by atoms with Crippen molar-refractivity contribution in [1.29, 1.82) is 5.26 Å². The fraction of sp³-hybridized carbons (Fsp3) is 0. The molecule has 0 unspecified atom stereocenters. The van der Waals surface area contributed by atoms with Crippen molar-refractivity contribution in [2.24, 2.45) is 0 Å². The highest BCUT2D eigenvalue weighted by Crippen LogP contribution is 2.31. The predicted octanol–water partition coefficient (Wildman–Crippen LogP) is 3.80. The number of nitriles is 1. The second-order valence-electron chi connectivity index (χ2n) is 4.53. The topological polar surface area (TPSA) is 56.6 Å². The van der Waals surface area contributed by atoms with Crippen molar-refractivity contribution in [1.82, 2.24) is 4.98 Å². The van der Waals surface area contributed by atoms with Gasteiger partial charge in [-0.1, -0.05) is 0 Å². The van der Waals surface area contributed by atoms with Gasteiger partial charge in [-0.25, -0.2) is 8.78 Å². The molecule has 0 amide bonds. The van der Waals surface area contributed by atoms with Crippen LogP contribution in [-0.2, 0) is 0 Å². The van der Waals surface area contributed by atoms with E-state index in [1.807, 2.05) is 6.07 Å². The maximum absolute atomic E-state index is 13.9. The number of benzene rings is 2. The lowest BCUT2D eigenvalue weighted by Crippen LogP contribution is -1.90. The van der Waals surface area contributed by atoms with Gasteiger partial charge in [0.2, 0.25) is 0 Å². The van der Waals surface area contributed by atoms with E-state index in [1.165, 1.54) is 6.07 Å². The standard InChI is InChI=1S/C16H8F2N2O/c17-10-2-3-14(18)12(6-10)16-13(8-21)11-5-9(7-19)1-4-15(11)20-16/h1-6,8,20H. The first-order valence-electron chi connectivity index (χ1n) is 6.10. The Kier molecular flexibility index (Phi) is 2.99. The molecule has 0 spiro atoms. The zero-order chi connectivity index (χ0) is 15.0. The van der Waals surface area contributed by atoms with Gasteiger partial charge in [-0.15, -0.1) is 0 Å². The highest BCUT2D eigenvalue weighted by molar-refractivity contribution is 6.04. The van der Waals surface area contributed by atoms with Crippen molar-refractivity contribution in [2.75, 3.05) is 0 Å². The molecule has 0 saturated carbocycles. The Morgan fingerprint density at radius 3 is 2.67 bits per heavy atom. The average Bonchev–Trinajstić information content (AvgIpc) is 2.86. The summed E-state index contributed by atoms with van der Waals surface area (Å²) in [5.74, 6) is -1.23. The van der Waals surface area contributed by atoms with Crippen molar-refractivity contribution in [3.8, 4) is 17.3 Å². The average molecular weight is 282 g/mol. The minimum atomic E-state index is -0.633. The lowest BCUT2D eigenvalue weighted by molar-refractivity contribution is 0.112. The predicted molar refractivity (Wildman–Crippen MR) is 73.8 cm³/mol. The minimum Gasteiger partial charge on any atom is -0.354 e. The normalized spacial score (nSPS) is 10.5. The van der Waals surface area contributed by atoms with Gasteiger partial charge in [0, 0.05) is 22.0 Å². The first kappa shape index (κ1) is 13.0. The third-order valence-corrected chi connectivity index (χ3v) is 3.28. The number of fused-ring (bicyclic) bond motifs is 1. The second-order valence-corrected chi connectivity index (χ2v) is 4.53. The van der Waals surface area contributed by atoms with Crippen LogP contribution in [0.1, 0.15) is 15.9 Å². The molecule has 0 aliphatic rings. The van der Waals surface area contributed by atoms with E-state index in [9.17, 15) is 13.6 Å². The highest BCUT2D eigenvalue weighted by atomic mass is 19.1. The molecule has 3 aromatic rings. The number of aromatic amines is 1. The molecule has 2 aromatic carbocycles. The molecule has 0 atom stereocenters. The molecule has 0 saturated heterocycles. The van der Waals surface area contributed by atoms with Crippen LogP contribution in [0, 0.1) is 23.0 Å². The minimum absolute atomic E-state index is 0.0215. The van der Waals surface area contributed by atoms with Crippen LogP contribution in [0.15, 0.2) is 36.4 Å². The summed E-state index contributed by atoms with van der Waals surface area (Å²) >= 11 is 0. The van der Waals surface area contributed by atoms with Gasteiger partial charge in [0.15, 0.2) is 6.29 Å². The van der Waals surface area contributed by atoms with Crippen LogP contribution in [0.5, 0.6) is 0 Å². The van der Waals surface area contributed by atoms with Crippen LogP contribution in [0.2, 0.25) is 0 Å². The van der Waals surface area contributed by atoms with E-state index >= 15 is 0 Å². The van der Waals surface area contributed by atoms with Crippen LogP contribution >= 0.6 is 0 Å². The van der Waals surface area contributed by atoms with Crippen molar-refractivity contribution in [2.45, 2.75) is 0 Å². The summed E-state index contributed by atoms with van der Waals surface area (Å²) in [6.07, 6.45) is 0.569. The molecule has 0 bridgehead atoms. The highest BCUT2D eigenvalue weighted by Gasteiger charge is 2.16. The number of nitrogens with zero attached hydrogens (tertiary/aromatic N) is 1. The Balaban J connectivity index is 2.35. The SMILES string of the molecule is N#Cc1ccc2[nH]c(-c3cc(F)ccc3F)c(C=O)c2c1. The van der Waals surface area contributed by atoms with Crippen LogP contribution in [-0.4, -0.2) is 11.3 Å². The number of nitrogens with one attached hydrogen (secondary N) is 1. The number of aldehydes is 1. The summed E-state index contributed by atoms with van der Waals surface area (Å²) < 4.78 is 27.2. The fourth-order valence-corrected chi connectivity index (χ4v) is 2.31. The smallest absolute Gasteiger partial charge is 0.152 e. The molecule has 102 valence electrons. The van der Waals surface area contributed by atoms with Gasteiger partial charge in [-0.05, 0) is 36.4 Å². The zero-order valence-electron chi connectivity index (χ0n) is 10.7. The van der Waals surface area contributed by atoms with E-state index in [1.54, 1.807) is 12.1 Å². The Hall–Kier alpha value is -3.00. The molecule has 0 aliphatic carbocycles. The summed E-state index contributed by atoms with van der Waals surface area (Å²) in [7, 11) is 0. The Morgan fingerprint density at radius 1 is 1.14 bits per heavy atom. The molecule has 1 N–H and O–H groups in total. The van der Waals surface area contributed by atoms with Crippen LogP contribution in [0.4, 0.5) is 8.78 Å². The first-order chi connectivity index (χ1) is 10.1. The zero-order valence-corrected chi connectivity index (χ0v) is 10.7. The molecular formula is C16H8F2N2O. The number of aromatic nitrogens is 1. The maximum Gasteiger partial charge on any atom is 0.152 e. The largest absolute Gasteiger partial charge is 0.354 e. The van der Waals surface area contributed by atoms with Crippen LogP contribution in [0.25, 0.3) is 22.2 Å². The van der Waals surface area contributed by atoms with Crippen molar-refractivity contribution < 1.29 is 13.6 Å². The fourth-order valence-electron chi connectivity index (χ4n) is 2.31. The van der Waals surface area contributed by atoms with E-state index in [0.29, 0.717) is 22.8 Å². The molecule has 21 heavy (non-hydrogen) atoms. The third-order valence-electron chi connectivity index (χ3n) is 3.28. The van der Waals surface area contributed by atoms with Gasteiger partial charge >= 0.3 is 0 Å². The molecule has 1 aromatic heterocycles. The third kappa shape index (κ3) is 2.07. The van der Waals surface area contributed by atoms with E-state index < -0.39 is 11.6 Å². The number of carbonyl (C=O) groups excluding carboxylic acids is 1. The van der Waals surface area contributed by atoms with Gasteiger partial charge < -0.3 is 4.98 Å². The Bertz CT molecular complexity index is 907. The number of hydrogen-bond acceptors (Lipinski definition) is 2. The maximum atomic E-state index is 13.9. The van der Waals surface area contributed by atoms with Crippen LogP contribution < -0.4 is 0 Å². The van der Waals surface area contributed by atoms with Crippen molar-refractivity contribution in [3.05, 3.63) is 59.2 Å². The number of carbonyl (C=O) groups is 1. The lowest BCUT2D eigenvalue weighted by Gasteiger charge is -2.02. The van der Waals surface area contributed by atoms with E-state index in [2.05, 4.69) is 4.98 Å². The summed E-state index contributed by atoms with van der Waals surface area (Å²) in [5, 5.41) is 9.41. The molecule has 5 heteroatoms. The Morgan fingerprint density at radius 2 is 1.95 bits per heavy atom. The van der Waals surface area contributed by atoms with Crippen molar-refractivity contribution in [3.63, 3.8) is 0 Å². The summed E-state index contributed by atoms with van der Waals surface area (Å²) in [6.45, 7) is 0. The van der Waals surface area contributed by atoms with E-state index in [0.717, 1.165) is 18.2 Å². The van der Waals surface area contributed by atoms with Crippen LogP contribution in [0.3, 0.4) is 0 Å². The molecule has 3 nitrogen and oxygen atoms in total. The van der Waals surface area contributed by atoms with Gasteiger partial charge in [0.1, 0.15) is 11.6 Å². The number of halogens is 2. The molecule has 0 aliphatic heterocycles. The lowest BCUT2D eigenvalue weighted by atomic mass is 10.0. The monoisotopic (exact) mass is 282 g/mol. The number of hydrogen-bond donors (Lipinski definition) is 1. The Labute approximate surface area is 118 Å². The van der Waals surface area contributed by atoms with Gasteiger partial charge in [-0.2, -0.15) is 5.26 Å². The van der Waals surface area contributed by atoms with E-state index in [4.69, 9.17) is 5.26 Å². The second kappa shape index (κ2) is 4.84. The van der Waals surface area contributed by atoms with Gasteiger partial charge in [0.05, 0.1) is 17.3 Å². The quantitative estimate of drug-likeness (QED) is 0.727. The number of rotatable bonds is 2. The van der Waals surface area contributed by atoms with Gasteiger partial charge in [-0.3, -0.25) is 4.79 Å². The van der Waals surface area contributed by atoms with E-state index in [-0.39, 0.29) is 16.8 Å². The number of H-pyrrole nitrogens is 1. The molecular weight excluding hydrogens is 274 g/mol. The first-order valence-corrected chi connectivity index (χ1v) is 6.10. The molecule has 0 fully saturated rings. The summed E-state index contributed by atoms with van der Waals surface area (Å²) in [5.41, 5.74) is 1.34. The van der Waals surface area contributed by atoms with Crippen molar-refractivity contribution >= 4 is 17.2 Å². The summed E-state index contributed by atoms with van der Waals surface area (Å²) in [6, 6.07) is 9.76. The molecule has 3 rings (SSSR count). The molecule has 1 heterocycles. The molecule has 0 radical (unpaired) electrons. The summed E-state index contributed by atoms with van der Waals surface area (Å²) in [4.78, 5) is 14.3.